The van der Waals surface area contributed by atoms with Gasteiger partial charge >= 0.3 is 0 Å². The Hall–Kier alpha value is -2.22. The van der Waals surface area contributed by atoms with Crippen LogP contribution >= 0.6 is 0 Å². The standard InChI is InChI=1S/C23H27N2/c1-15-12-16(2)17(3)20(13-15)22-14-24-23-19(18-8-5-6-9-18)10-7-11-21(23)25(22)4/h7,10-14,18H,5-6,8-9H2,1-4H3/q+1. The first-order valence-electron chi connectivity index (χ1n) is 9.42. The molecule has 0 aliphatic heterocycles. The maximum atomic E-state index is 4.94. The van der Waals surface area contributed by atoms with Gasteiger partial charge in [0.25, 0.3) is 0 Å². The van der Waals surface area contributed by atoms with Gasteiger partial charge in [-0.05, 0) is 62.3 Å². The van der Waals surface area contributed by atoms with E-state index in [9.17, 15) is 0 Å². The first-order chi connectivity index (χ1) is 12.1. The van der Waals surface area contributed by atoms with Gasteiger partial charge in [0.2, 0.25) is 11.2 Å². The molecule has 0 N–H and O–H groups in total. The Bertz CT molecular complexity index is 950. The third-order valence-electron chi connectivity index (χ3n) is 5.97. The van der Waals surface area contributed by atoms with Crippen molar-refractivity contribution in [3.05, 3.63) is 58.8 Å². The second-order valence-electron chi connectivity index (χ2n) is 7.65. The Morgan fingerprint density at radius 3 is 2.56 bits per heavy atom. The van der Waals surface area contributed by atoms with E-state index in [1.807, 2.05) is 0 Å². The lowest BCUT2D eigenvalue weighted by molar-refractivity contribution is -0.634. The predicted molar refractivity (Wildman–Crippen MR) is 104 cm³/mol. The van der Waals surface area contributed by atoms with Crippen LogP contribution in [0.4, 0.5) is 0 Å². The number of nitrogens with zero attached hydrogens (tertiary/aromatic N) is 2. The average molecular weight is 331 g/mol. The van der Waals surface area contributed by atoms with Crippen LogP contribution in [0.15, 0.2) is 36.5 Å². The third-order valence-corrected chi connectivity index (χ3v) is 5.97. The van der Waals surface area contributed by atoms with E-state index in [1.165, 1.54) is 70.2 Å². The normalized spacial score (nSPS) is 15.2. The molecule has 1 fully saturated rings. The fraction of sp³-hybridized carbons (Fsp3) is 0.391. The molecule has 128 valence electrons. The van der Waals surface area contributed by atoms with Crippen LogP contribution in [0.3, 0.4) is 0 Å². The van der Waals surface area contributed by atoms with Crippen LogP contribution in [-0.4, -0.2) is 4.98 Å². The fourth-order valence-corrected chi connectivity index (χ4v) is 4.42. The highest BCUT2D eigenvalue weighted by atomic mass is 15.0. The summed E-state index contributed by atoms with van der Waals surface area (Å²) in [5.74, 6) is 0.685. The molecule has 2 nitrogen and oxygen atoms in total. The SMILES string of the molecule is Cc1cc(C)c(C)c(-c2cnc3c(C4CCCC4)cccc3[n+]2C)c1. The minimum atomic E-state index is 0.685. The van der Waals surface area contributed by atoms with E-state index >= 15 is 0 Å². The summed E-state index contributed by atoms with van der Waals surface area (Å²) in [4.78, 5) is 4.94. The van der Waals surface area contributed by atoms with Gasteiger partial charge in [0.15, 0.2) is 0 Å². The Labute approximate surface area is 150 Å². The lowest BCUT2D eigenvalue weighted by Crippen LogP contribution is -2.33. The van der Waals surface area contributed by atoms with Crippen molar-refractivity contribution in [1.29, 1.82) is 0 Å². The van der Waals surface area contributed by atoms with E-state index in [0.29, 0.717) is 5.92 Å². The van der Waals surface area contributed by atoms with Crippen molar-refractivity contribution in [2.24, 2.45) is 7.05 Å². The average Bonchev–Trinajstić information content (AvgIpc) is 3.13. The number of para-hydroxylation sites is 1. The van der Waals surface area contributed by atoms with E-state index < -0.39 is 0 Å². The summed E-state index contributed by atoms with van der Waals surface area (Å²) in [7, 11) is 2.18. The molecule has 0 atom stereocenters. The summed E-state index contributed by atoms with van der Waals surface area (Å²) in [5, 5.41) is 0. The number of rotatable bonds is 2. The van der Waals surface area contributed by atoms with Crippen molar-refractivity contribution in [2.45, 2.75) is 52.4 Å². The molecular weight excluding hydrogens is 304 g/mol. The van der Waals surface area contributed by atoms with Gasteiger partial charge in [-0.2, -0.15) is 4.57 Å². The van der Waals surface area contributed by atoms with Crippen molar-refractivity contribution >= 4 is 11.0 Å². The quantitative estimate of drug-likeness (QED) is 0.582. The summed E-state index contributed by atoms with van der Waals surface area (Å²) < 4.78 is 2.32. The molecule has 2 aromatic carbocycles. The molecule has 0 saturated heterocycles. The zero-order valence-corrected chi connectivity index (χ0v) is 15.8. The van der Waals surface area contributed by atoms with Crippen LogP contribution < -0.4 is 4.57 Å². The van der Waals surface area contributed by atoms with Gasteiger partial charge in [-0.3, -0.25) is 0 Å². The Kier molecular flexibility index (Phi) is 4.07. The number of aromatic nitrogens is 2. The second kappa shape index (κ2) is 6.25. The van der Waals surface area contributed by atoms with Gasteiger partial charge in [-0.1, -0.05) is 36.6 Å². The minimum Gasteiger partial charge on any atom is -0.243 e. The lowest BCUT2D eigenvalue weighted by Gasteiger charge is -2.13. The molecular formula is C23H27N2+. The molecule has 0 unspecified atom stereocenters. The Balaban J connectivity index is 1.92. The molecule has 3 aromatic rings. The van der Waals surface area contributed by atoms with Gasteiger partial charge in [0, 0.05) is 6.07 Å². The first kappa shape index (κ1) is 16.3. The van der Waals surface area contributed by atoms with Gasteiger partial charge < -0.3 is 0 Å². The van der Waals surface area contributed by atoms with Gasteiger partial charge in [0.1, 0.15) is 18.8 Å². The third kappa shape index (κ3) is 2.74. The van der Waals surface area contributed by atoms with Crippen molar-refractivity contribution in [1.82, 2.24) is 4.98 Å². The molecule has 0 amide bonds. The monoisotopic (exact) mass is 331 g/mol. The molecule has 2 heteroatoms. The molecule has 0 radical (unpaired) electrons. The van der Waals surface area contributed by atoms with Crippen molar-refractivity contribution < 1.29 is 4.57 Å². The zero-order chi connectivity index (χ0) is 17.6. The molecule has 1 aliphatic carbocycles. The number of fused-ring (bicyclic) bond motifs is 1. The Morgan fingerprint density at radius 1 is 1.04 bits per heavy atom. The van der Waals surface area contributed by atoms with Crippen LogP contribution in [0.2, 0.25) is 0 Å². The highest BCUT2D eigenvalue weighted by Crippen LogP contribution is 2.36. The summed E-state index contributed by atoms with van der Waals surface area (Å²) in [6.45, 7) is 6.57. The molecule has 0 spiro atoms. The maximum Gasteiger partial charge on any atom is 0.231 e. The van der Waals surface area contributed by atoms with E-state index in [1.54, 1.807) is 0 Å². The molecule has 0 bridgehead atoms. The molecule has 25 heavy (non-hydrogen) atoms. The predicted octanol–water partition coefficient (Wildman–Crippen LogP) is 5.31. The topological polar surface area (TPSA) is 16.8 Å². The van der Waals surface area contributed by atoms with Crippen molar-refractivity contribution in [3.63, 3.8) is 0 Å². The highest BCUT2D eigenvalue weighted by Gasteiger charge is 2.24. The Morgan fingerprint density at radius 2 is 1.80 bits per heavy atom. The first-order valence-corrected chi connectivity index (χ1v) is 9.42. The minimum absolute atomic E-state index is 0.685. The molecule has 1 saturated carbocycles. The van der Waals surface area contributed by atoms with E-state index in [0.717, 1.165) is 0 Å². The van der Waals surface area contributed by atoms with Crippen LogP contribution in [0, 0.1) is 20.8 Å². The summed E-state index contributed by atoms with van der Waals surface area (Å²) in [6.07, 6.45) is 7.40. The van der Waals surface area contributed by atoms with Crippen LogP contribution in [0.25, 0.3) is 22.3 Å². The van der Waals surface area contributed by atoms with Crippen LogP contribution in [-0.2, 0) is 7.05 Å². The number of hydrogen-bond acceptors (Lipinski definition) is 1. The smallest absolute Gasteiger partial charge is 0.231 e. The fourth-order valence-electron chi connectivity index (χ4n) is 4.42. The molecule has 1 aliphatic rings. The molecule has 1 heterocycles. The van der Waals surface area contributed by atoms with Gasteiger partial charge in [-0.25, -0.2) is 4.98 Å². The van der Waals surface area contributed by atoms with Crippen molar-refractivity contribution in [3.8, 4) is 11.3 Å². The summed E-state index contributed by atoms with van der Waals surface area (Å²) >= 11 is 0. The van der Waals surface area contributed by atoms with Crippen molar-refractivity contribution in [2.75, 3.05) is 0 Å². The van der Waals surface area contributed by atoms with Gasteiger partial charge in [-0.15, -0.1) is 0 Å². The number of benzene rings is 2. The molecule has 4 rings (SSSR count). The highest BCUT2D eigenvalue weighted by molar-refractivity contribution is 5.77. The number of aryl methyl sites for hydroxylation is 3. The van der Waals surface area contributed by atoms with E-state index in [4.69, 9.17) is 4.98 Å². The lowest BCUT2D eigenvalue weighted by atomic mass is 9.95. The largest absolute Gasteiger partial charge is 0.243 e. The number of hydrogen-bond donors (Lipinski definition) is 0. The zero-order valence-electron chi connectivity index (χ0n) is 15.8. The molecule has 1 aromatic heterocycles. The van der Waals surface area contributed by atoms with Crippen LogP contribution in [0.1, 0.15) is 53.9 Å². The second-order valence-corrected chi connectivity index (χ2v) is 7.65. The maximum absolute atomic E-state index is 4.94. The van der Waals surface area contributed by atoms with E-state index in [2.05, 4.69) is 68.9 Å². The summed E-state index contributed by atoms with van der Waals surface area (Å²) in [5.41, 5.74) is 10.3. The van der Waals surface area contributed by atoms with E-state index in [-0.39, 0.29) is 0 Å². The van der Waals surface area contributed by atoms with Gasteiger partial charge in [0.05, 0.1) is 5.56 Å². The summed E-state index contributed by atoms with van der Waals surface area (Å²) in [6, 6.07) is 11.2. The van der Waals surface area contributed by atoms with Crippen LogP contribution in [0.5, 0.6) is 0 Å².